The average Bonchev–Trinajstić information content (AvgIpc) is 3.95. The molecular formula is C68H46N2. The van der Waals surface area contributed by atoms with E-state index in [2.05, 4.69) is 270 Å². The van der Waals surface area contributed by atoms with Gasteiger partial charge in [0.05, 0.1) is 22.1 Å². The predicted molar refractivity (Wildman–Crippen MR) is 294 cm³/mol. The van der Waals surface area contributed by atoms with Crippen LogP contribution in [-0.4, -0.2) is 9.13 Å². The van der Waals surface area contributed by atoms with E-state index in [9.17, 15) is 0 Å². The van der Waals surface area contributed by atoms with Gasteiger partial charge in [0.1, 0.15) is 0 Å². The third-order valence-electron chi connectivity index (χ3n) is 14.9. The molecule has 1 aliphatic rings. The van der Waals surface area contributed by atoms with Crippen LogP contribution >= 0.6 is 0 Å². The third-order valence-corrected chi connectivity index (χ3v) is 14.9. The molecule has 0 saturated heterocycles. The number of hydrogen-bond donors (Lipinski definition) is 0. The first-order valence-electron chi connectivity index (χ1n) is 24.4. The second-order valence-corrected chi connectivity index (χ2v) is 18.8. The van der Waals surface area contributed by atoms with Crippen LogP contribution in [0.5, 0.6) is 0 Å². The van der Waals surface area contributed by atoms with Crippen molar-refractivity contribution in [1.82, 2.24) is 9.13 Å². The van der Waals surface area contributed by atoms with Crippen molar-refractivity contribution in [3.05, 3.63) is 278 Å². The Bertz CT molecular complexity index is 4140. The van der Waals surface area contributed by atoms with Crippen molar-refractivity contribution in [1.29, 1.82) is 0 Å². The van der Waals surface area contributed by atoms with Gasteiger partial charge in [0.2, 0.25) is 0 Å². The van der Waals surface area contributed by atoms with E-state index in [-0.39, 0.29) is 5.92 Å². The van der Waals surface area contributed by atoms with Gasteiger partial charge < -0.3 is 9.13 Å². The Morgan fingerprint density at radius 2 is 0.757 bits per heavy atom. The van der Waals surface area contributed by atoms with Crippen molar-refractivity contribution in [3.63, 3.8) is 0 Å². The number of rotatable bonds is 7. The smallest absolute Gasteiger partial charge is 0.0541 e. The number of fused-ring (bicyclic) bond motifs is 9. The molecule has 13 aromatic rings. The second-order valence-electron chi connectivity index (χ2n) is 18.8. The summed E-state index contributed by atoms with van der Waals surface area (Å²) in [6.07, 6.45) is 0.959. The van der Waals surface area contributed by atoms with E-state index < -0.39 is 0 Å². The quantitative estimate of drug-likeness (QED) is 0.151. The number of para-hydroxylation sites is 3. The molecule has 0 aliphatic heterocycles. The second kappa shape index (κ2) is 16.4. The molecule has 0 bridgehead atoms. The number of hydrogen-bond acceptors (Lipinski definition) is 0. The van der Waals surface area contributed by atoms with Crippen LogP contribution in [0.4, 0.5) is 0 Å². The molecule has 14 rings (SSSR count). The highest BCUT2D eigenvalue weighted by molar-refractivity contribution is 6.13. The zero-order valence-corrected chi connectivity index (χ0v) is 38.5. The number of nitrogens with zero attached hydrogens (tertiary/aromatic N) is 2. The Hall–Kier alpha value is -8.98. The molecule has 2 aromatic heterocycles. The molecule has 0 fully saturated rings. The highest BCUT2D eigenvalue weighted by atomic mass is 15.0. The van der Waals surface area contributed by atoms with Crippen LogP contribution in [0.3, 0.4) is 0 Å². The molecule has 1 aliphatic carbocycles. The highest BCUT2D eigenvalue weighted by Gasteiger charge is 2.27. The van der Waals surface area contributed by atoms with Crippen LogP contribution in [0.2, 0.25) is 0 Å². The molecule has 0 amide bonds. The zero-order chi connectivity index (χ0) is 46.1. The third kappa shape index (κ3) is 6.64. The number of aromatic nitrogens is 2. The minimum absolute atomic E-state index is 0.223. The van der Waals surface area contributed by atoms with Gasteiger partial charge in [-0.15, -0.1) is 0 Å². The standard InChI is InChI=1S/C68H46N2/c1-4-17-45(18-5-1)48-31-34-58-61(44-52-21-10-11-26-57(52)62(58)41-48)51-23-16-22-47(37-51)54-38-53(46-19-6-2-7-20-46)39-56(40-54)70-66-30-15-13-28-60(66)64-43-50(33-36-68(64)70)49-32-35-67-63(42-49)59-27-12-14-29-65(59)69(67)55-24-8-3-9-25-55/h1-43,61H,44H2/t61-/m1/s1. The molecule has 2 heteroatoms. The first-order valence-corrected chi connectivity index (χ1v) is 24.4. The maximum Gasteiger partial charge on any atom is 0.0541 e. The fraction of sp³-hybridized carbons (Fsp3) is 0.0294. The van der Waals surface area contributed by atoms with Crippen LogP contribution < -0.4 is 0 Å². The fourth-order valence-electron chi connectivity index (χ4n) is 11.6. The van der Waals surface area contributed by atoms with Gasteiger partial charge >= 0.3 is 0 Å². The van der Waals surface area contributed by atoms with Gasteiger partial charge in [0, 0.05) is 38.8 Å². The van der Waals surface area contributed by atoms with E-state index in [1.807, 2.05) is 0 Å². The molecule has 2 heterocycles. The van der Waals surface area contributed by atoms with Gasteiger partial charge in [0.15, 0.2) is 0 Å². The molecule has 0 unspecified atom stereocenters. The lowest BCUT2D eigenvalue weighted by Gasteiger charge is -2.29. The summed E-state index contributed by atoms with van der Waals surface area (Å²) in [6, 6.07) is 96.6. The van der Waals surface area contributed by atoms with Crippen molar-refractivity contribution < 1.29 is 0 Å². The fourth-order valence-corrected chi connectivity index (χ4v) is 11.6. The number of benzene rings is 11. The maximum absolute atomic E-state index is 2.48. The molecule has 0 N–H and O–H groups in total. The molecule has 1 atom stereocenters. The first-order chi connectivity index (χ1) is 34.7. The van der Waals surface area contributed by atoms with Crippen molar-refractivity contribution in [2.24, 2.45) is 0 Å². The molecule has 11 aromatic carbocycles. The first kappa shape index (κ1) is 40.1. The van der Waals surface area contributed by atoms with E-state index in [4.69, 9.17) is 0 Å². The average molecular weight is 891 g/mol. The van der Waals surface area contributed by atoms with Gasteiger partial charge in [-0.3, -0.25) is 0 Å². The molecular weight excluding hydrogens is 845 g/mol. The van der Waals surface area contributed by atoms with Gasteiger partial charge in [-0.1, -0.05) is 188 Å². The molecule has 0 radical (unpaired) electrons. The Kier molecular flexibility index (Phi) is 9.38. The monoisotopic (exact) mass is 890 g/mol. The van der Waals surface area contributed by atoms with Gasteiger partial charge in [0.25, 0.3) is 0 Å². The Morgan fingerprint density at radius 3 is 1.43 bits per heavy atom. The van der Waals surface area contributed by atoms with Crippen LogP contribution in [-0.2, 0) is 6.42 Å². The maximum atomic E-state index is 2.48. The zero-order valence-electron chi connectivity index (χ0n) is 38.5. The van der Waals surface area contributed by atoms with Crippen LogP contribution in [0, 0.1) is 0 Å². The molecule has 0 saturated carbocycles. The Balaban J connectivity index is 0.899. The minimum atomic E-state index is 0.223. The highest BCUT2D eigenvalue weighted by Crippen LogP contribution is 2.46. The van der Waals surface area contributed by atoms with Crippen molar-refractivity contribution in [2.75, 3.05) is 0 Å². The van der Waals surface area contributed by atoms with E-state index >= 15 is 0 Å². The summed E-state index contributed by atoms with van der Waals surface area (Å²) in [7, 11) is 0. The summed E-state index contributed by atoms with van der Waals surface area (Å²) < 4.78 is 4.86. The lowest BCUT2D eigenvalue weighted by Crippen LogP contribution is -2.13. The molecule has 70 heavy (non-hydrogen) atoms. The van der Waals surface area contributed by atoms with Crippen molar-refractivity contribution in [2.45, 2.75) is 12.3 Å². The summed E-state index contributed by atoms with van der Waals surface area (Å²) in [6.45, 7) is 0. The van der Waals surface area contributed by atoms with E-state index in [0.29, 0.717) is 0 Å². The topological polar surface area (TPSA) is 9.86 Å². The van der Waals surface area contributed by atoms with E-state index in [0.717, 1.165) is 12.1 Å². The van der Waals surface area contributed by atoms with Crippen LogP contribution in [0.1, 0.15) is 22.6 Å². The summed E-state index contributed by atoms with van der Waals surface area (Å²) >= 11 is 0. The largest absolute Gasteiger partial charge is 0.309 e. The summed E-state index contributed by atoms with van der Waals surface area (Å²) in [5, 5.41) is 4.98. The van der Waals surface area contributed by atoms with Crippen molar-refractivity contribution in [3.8, 4) is 67.0 Å². The van der Waals surface area contributed by atoms with E-state index in [1.165, 1.54) is 122 Å². The van der Waals surface area contributed by atoms with Crippen molar-refractivity contribution >= 4 is 43.6 Å². The normalized spacial score (nSPS) is 13.2. The molecule has 328 valence electrons. The van der Waals surface area contributed by atoms with E-state index in [1.54, 1.807) is 0 Å². The SMILES string of the molecule is c1ccc(-c2cc(-c3cccc([C@H]4Cc5ccccc5-c5cc(-c6ccccc6)ccc54)c3)cc(-n3c4ccccc4c4cc(-c5ccc6c(c5)c5ccccc5n6-c5ccccc5)ccc43)c2)cc1. The molecule has 2 nitrogen and oxygen atoms in total. The Labute approximate surface area is 407 Å². The lowest BCUT2D eigenvalue weighted by molar-refractivity contribution is 0.794. The molecule has 0 spiro atoms. The van der Waals surface area contributed by atoms with Crippen LogP contribution in [0.25, 0.3) is 111 Å². The summed E-state index contributed by atoms with van der Waals surface area (Å²) in [5.74, 6) is 0.223. The Morgan fingerprint density at radius 1 is 0.271 bits per heavy atom. The summed E-state index contributed by atoms with van der Waals surface area (Å²) in [4.78, 5) is 0. The van der Waals surface area contributed by atoms with Gasteiger partial charge in [-0.05, 0) is 152 Å². The minimum Gasteiger partial charge on any atom is -0.309 e. The van der Waals surface area contributed by atoms with Gasteiger partial charge in [-0.25, -0.2) is 0 Å². The predicted octanol–water partition coefficient (Wildman–Crippen LogP) is 17.9. The summed E-state index contributed by atoms with van der Waals surface area (Å²) in [5.41, 5.74) is 23.6. The lowest BCUT2D eigenvalue weighted by atomic mass is 9.74. The van der Waals surface area contributed by atoms with Gasteiger partial charge in [-0.2, -0.15) is 0 Å². The van der Waals surface area contributed by atoms with Crippen LogP contribution in [0.15, 0.2) is 261 Å².